The van der Waals surface area contributed by atoms with Gasteiger partial charge in [-0.2, -0.15) is 4.98 Å². The van der Waals surface area contributed by atoms with Gasteiger partial charge in [0.05, 0.1) is 12.3 Å². The zero-order chi connectivity index (χ0) is 16.3. The van der Waals surface area contributed by atoms with Crippen molar-refractivity contribution >= 4 is 5.97 Å². The normalized spacial score (nSPS) is 10.8. The van der Waals surface area contributed by atoms with E-state index in [2.05, 4.69) is 9.97 Å². The number of aromatic nitrogens is 2. The summed E-state index contributed by atoms with van der Waals surface area (Å²) in [5.41, 5.74) is 0.792. The number of H-pyrrole nitrogens is 1. The number of esters is 1. The van der Waals surface area contributed by atoms with Crippen LogP contribution in [0.25, 0.3) is 11.3 Å². The smallest absolute Gasteiger partial charge is 0.345 e. The maximum Gasteiger partial charge on any atom is 0.345 e. The van der Waals surface area contributed by atoms with E-state index in [0.717, 1.165) is 0 Å². The molecule has 116 valence electrons. The van der Waals surface area contributed by atoms with Crippen molar-refractivity contribution in [1.82, 2.24) is 9.97 Å². The number of carbonyl (C=O) groups excluding carboxylic acids is 1. The van der Waals surface area contributed by atoms with Gasteiger partial charge in [0, 0.05) is 11.3 Å². The predicted molar refractivity (Wildman–Crippen MR) is 80.3 cm³/mol. The first-order chi connectivity index (χ1) is 10.4. The Kier molecular flexibility index (Phi) is 4.70. The van der Waals surface area contributed by atoms with Gasteiger partial charge in [-0.25, -0.2) is 14.0 Å². The number of benzene rings is 1. The number of nitrogens with one attached hydrogen (secondary N) is 1. The molecule has 1 aromatic carbocycles. The summed E-state index contributed by atoms with van der Waals surface area (Å²) in [6.45, 7) is 5.60. The summed E-state index contributed by atoms with van der Waals surface area (Å²) >= 11 is 0. The van der Waals surface area contributed by atoms with Crippen LogP contribution in [0.1, 0.15) is 42.7 Å². The lowest BCUT2D eigenvalue weighted by Crippen LogP contribution is -2.22. The highest BCUT2D eigenvalue weighted by Crippen LogP contribution is 2.26. The van der Waals surface area contributed by atoms with E-state index < -0.39 is 17.5 Å². The molecule has 0 spiro atoms. The first kappa shape index (κ1) is 15.9. The van der Waals surface area contributed by atoms with Crippen molar-refractivity contribution in [3.8, 4) is 11.3 Å². The molecule has 0 saturated carbocycles. The summed E-state index contributed by atoms with van der Waals surface area (Å²) < 4.78 is 18.2. The summed E-state index contributed by atoms with van der Waals surface area (Å²) in [6, 6.07) is 5.46. The number of rotatable bonds is 4. The second-order valence-electron chi connectivity index (χ2n) is 5.06. The molecular weight excluding hydrogens is 287 g/mol. The molecule has 0 amide bonds. The van der Waals surface area contributed by atoms with Crippen LogP contribution in [-0.2, 0) is 4.74 Å². The van der Waals surface area contributed by atoms with E-state index >= 15 is 0 Å². The highest BCUT2D eigenvalue weighted by atomic mass is 19.1. The molecule has 1 heterocycles. The minimum atomic E-state index is -0.561. The minimum absolute atomic E-state index is 0.102. The van der Waals surface area contributed by atoms with Crippen molar-refractivity contribution in [2.45, 2.75) is 26.7 Å². The molecule has 0 fully saturated rings. The average Bonchev–Trinajstić information content (AvgIpc) is 2.47. The molecule has 2 rings (SSSR count). The molecule has 1 N–H and O–H groups in total. The van der Waals surface area contributed by atoms with Gasteiger partial charge in [-0.3, -0.25) is 0 Å². The van der Waals surface area contributed by atoms with Crippen molar-refractivity contribution in [2.24, 2.45) is 0 Å². The monoisotopic (exact) mass is 304 g/mol. The van der Waals surface area contributed by atoms with Crippen molar-refractivity contribution in [2.75, 3.05) is 6.61 Å². The van der Waals surface area contributed by atoms with Gasteiger partial charge >= 0.3 is 11.7 Å². The zero-order valence-corrected chi connectivity index (χ0v) is 12.6. The number of aromatic amines is 1. The molecule has 0 atom stereocenters. The fourth-order valence-corrected chi connectivity index (χ4v) is 2.15. The molecule has 6 heteroatoms. The van der Waals surface area contributed by atoms with Gasteiger partial charge in [-0.05, 0) is 37.1 Å². The standard InChI is InChI=1S/C16H17FN2O3/c1-4-22-15(20)12-13(9(2)3)18-16(21)19-14(12)10-5-7-11(17)8-6-10/h5-9H,4H2,1-3H3,(H,18,19,21). The van der Waals surface area contributed by atoms with Gasteiger partial charge in [0.15, 0.2) is 0 Å². The zero-order valence-electron chi connectivity index (χ0n) is 12.6. The van der Waals surface area contributed by atoms with E-state index in [9.17, 15) is 14.0 Å². The molecule has 0 aliphatic heterocycles. The first-order valence-corrected chi connectivity index (χ1v) is 7.01. The maximum absolute atomic E-state index is 13.1. The number of halogens is 1. The van der Waals surface area contributed by atoms with Crippen LogP contribution in [0.15, 0.2) is 29.1 Å². The van der Waals surface area contributed by atoms with E-state index in [1.165, 1.54) is 24.3 Å². The van der Waals surface area contributed by atoms with Crippen LogP contribution in [0.5, 0.6) is 0 Å². The molecule has 0 aliphatic carbocycles. The van der Waals surface area contributed by atoms with Gasteiger partial charge in [0.1, 0.15) is 11.4 Å². The van der Waals surface area contributed by atoms with E-state index in [0.29, 0.717) is 11.3 Å². The van der Waals surface area contributed by atoms with E-state index in [1.807, 2.05) is 13.8 Å². The van der Waals surface area contributed by atoms with Gasteiger partial charge < -0.3 is 9.72 Å². The van der Waals surface area contributed by atoms with Gasteiger partial charge in [-0.1, -0.05) is 13.8 Å². The van der Waals surface area contributed by atoms with Crippen molar-refractivity contribution in [3.05, 3.63) is 51.8 Å². The van der Waals surface area contributed by atoms with Crippen molar-refractivity contribution < 1.29 is 13.9 Å². The Morgan fingerprint density at radius 2 is 1.95 bits per heavy atom. The fourth-order valence-electron chi connectivity index (χ4n) is 2.15. The topological polar surface area (TPSA) is 72.0 Å². The van der Waals surface area contributed by atoms with Crippen LogP contribution < -0.4 is 5.69 Å². The lowest BCUT2D eigenvalue weighted by atomic mass is 9.98. The molecule has 0 radical (unpaired) electrons. The minimum Gasteiger partial charge on any atom is -0.462 e. The quantitative estimate of drug-likeness (QED) is 0.882. The van der Waals surface area contributed by atoms with Crippen LogP contribution in [0.4, 0.5) is 4.39 Å². The van der Waals surface area contributed by atoms with Crippen LogP contribution >= 0.6 is 0 Å². The fraction of sp³-hybridized carbons (Fsp3) is 0.312. The van der Waals surface area contributed by atoms with Crippen molar-refractivity contribution in [3.63, 3.8) is 0 Å². The molecule has 2 aromatic rings. The molecular formula is C16H17FN2O3. The summed E-state index contributed by atoms with van der Waals surface area (Å²) in [5.74, 6) is -1.07. The summed E-state index contributed by atoms with van der Waals surface area (Å²) in [6.07, 6.45) is 0. The summed E-state index contributed by atoms with van der Waals surface area (Å²) in [4.78, 5) is 30.6. The molecule has 0 bridgehead atoms. The highest BCUT2D eigenvalue weighted by molar-refractivity contribution is 5.97. The number of nitrogens with zero attached hydrogens (tertiary/aromatic N) is 1. The molecule has 0 unspecified atom stereocenters. The third-order valence-corrected chi connectivity index (χ3v) is 3.14. The summed E-state index contributed by atoms with van der Waals surface area (Å²) in [5, 5.41) is 0. The second kappa shape index (κ2) is 6.51. The second-order valence-corrected chi connectivity index (χ2v) is 5.06. The van der Waals surface area contributed by atoms with Crippen LogP contribution in [0.2, 0.25) is 0 Å². The lowest BCUT2D eigenvalue weighted by Gasteiger charge is -2.15. The van der Waals surface area contributed by atoms with Gasteiger partial charge in [-0.15, -0.1) is 0 Å². The molecule has 5 nitrogen and oxygen atoms in total. The number of hydrogen-bond donors (Lipinski definition) is 1. The number of hydrogen-bond acceptors (Lipinski definition) is 4. The number of ether oxygens (including phenoxy) is 1. The van der Waals surface area contributed by atoms with E-state index in [4.69, 9.17) is 4.74 Å². The first-order valence-electron chi connectivity index (χ1n) is 7.01. The Bertz CT molecular complexity index is 736. The van der Waals surface area contributed by atoms with Crippen LogP contribution in [0, 0.1) is 5.82 Å². The third-order valence-electron chi connectivity index (χ3n) is 3.14. The lowest BCUT2D eigenvalue weighted by molar-refractivity contribution is 0.0524. The van der Waals surface area contributed by atoms with E-state index in [1.54, 1.807) is 6.92 Å². The van der Waals surface area contributed by atoms with Crippen LogP contribution in [-0.4, -0.2) is 22.5 Å². The predicted octanol–water partition coefficient (Wildman–Crippen LogP) is 2.88. The maximum atomic E-state index is 13.1. The van der Waals surface area contributed by atoms with Crippen molar-refractivity contribution in [1.29, 1.82) is 0 Å². The van der Waals surface area contributed by atoms with Gasteiger partial charge in [0.25, 0.3) is 0 Å². The number of carbonyl (C=O) groups is 1. The van der Waals surface area contributed by atoms with E-state index in [-0.39, 0.29) is 23.8 Å². The molecule has 0 saturated heterocycles. The Labute approximate surface area is 127 Å². The Hall–Kier alpha value is -2.50. The molecule has 22 heavy (non-hydrogen) atoms. The Morgan fingerprint density at radius 1 is 1.32 bits per heavy atom. The Morgan fingerprint density at radius 3 is 2.50 bits per heavy atom. The summed E-state index contributed by atoms with van der Waals surface area (Å²) in [7, 11) is 0. The largest absolute Gasteiger partial charge is 0.462 e. The highest BCUT2D eigenvalue weighted by Gasteiger charge is 2.23. The Balaban J connectivity index is 2.73. The average molecular weight is 304 g/mol. The third kappa shape index (κ3) is 3.21. The van der Waals surface area contributed by atoms with Gasteiger partial charge in [0.2, 0.25) is 0 Å². The SMILES string of the molecule is CCOC(=O)c1c(-c2ccc(F)cc2)nc(=O)[nH]c1C(C)C. The molecule has 0 aliphatic rings. The van der Waals surface area contributed by atoms with Crippen LogP contribution in [0.3, 0.4) is 0 Å². The molecule has 1 aromatic heterocycles.